The molecule has 0 radical (unpaired) electrons. The first-order valence-corrected chi connectivity index (χ1v) is 17.4. The molecule has 0 spiro atoms. The molecule has 2 aromatic heterocycles. The Morgan fingerprint density at radius 1 is 1.17 bits per heavy atom. The highest BCUT2D eigenvalue weighted by Crippen LogP contribution is 2.43. The summed E-state index contributed by atoms with van der Waals surface area (Å²) in [6.07, 6.45) is 3.83. The van der Waals surface area contributed by atoms with Crippen LogP contribution in [0.15, 0.2) is 69.8 Å². The van der Waals surface area contributed by atoms with E-state index in [0.29, 0.717) is 43.2 Å². The van der Waals surface area contributed by atoms with E-state index in [9.17, 15) is 18.0 Å². The fourth-order valence-electron chi connectivity index (χ4n) is 6.78. The predicted molar refractivity (Wildman–Crippen MR) is 187 cm³/mol. The Kier molecular flexibility index (Phi) is 9.22. The number of fused-ring (bicyclic) bond motifs is 2. The van der Waals surface area contributed by atoms with Gasteiger partial charge in [0.25, 0.3) is 5.56 Å². The minimum Gasteiger partial charge on any atom is -0.398 e. The van der Waals surface area contributed by atoms with E-state index >= 15 is 4.39 Å². The first kappa shape index (κ1) is 34.1. The summed E-state index contributed by atoms with van der Waals surface area (Å²) in [4.78, 5) is 39.6. The van der Waals surface area contributed by atoms with Crippen LogP contribution in [0, 0.1) is 23.6 Å². The number of carbonyl (C=O) groups is 1. The summed E-state index contributed by atoms with van der Waals surface area (Å²) in [6.45, 7) is 14.7. The smallest absolute Gasteiger partial charge is 0.277 e. The number of pyridine rings is 2. The van der Waals surface area contributed by atoms with E-state index in [0.717, 1.165) is 6.26 Å². The Morgan fingerprint density at radius 3 is 2.32 bits per heavy atom. The third-order valence-electron chi connectivity index (χ3n) is 8.91. The number of aromatic nitrogens is 2. The number of amides is 1. The molecule has 47 heavy (non-hydrogen) atoms. The van der Waals surface area contributed by atoms with Crippen molar-refractivity contribution in [1.82, 2.24) is 14.5 Å². The number of hydrogen-bond acceptors (Lipinski definition) is 8. The topological polar surface area (TPSA) is 131 Å². The van der Waals surface area contributed by atoms with Crippen molar-refractivity contribution in [3.05, 3.63) is 76.3 Å². The fourth-order valence-corrected chi connectivity index (χ4v) is 8.02. The van der Waals surface area contributed by atoms with Crippen molar-refractivity contribution in [3.8, 4) is 11.3 Å². The number of anilines is 2. The minimum absolute atomic E-state index is 0.00650. The van der Waals surface area contributed by atoms with Crippen molar-refractivity contribution in [2.24, 2.45) is 22.7 Å². The lowest BCUT2D eigenvalue weighted by atomic mass is 10.00. The largest absolute Gasteiger partial charge is 0.398 e. The lowest BCUT2D eigenvalue weighted by Gasteiger charge is -2.28. The van der Waals surface area contributed by atoms with Crippen LogP contribution in [0.25, 0.3) is 28.0 Å². The maximum Gasteiger partial charge on any atom is 0.277 e. The molecule has 0 bridgehead atoms. The molecule has 13 heteroatoms. The molecule has 0 aliphatic carbocycles. The quantitative estimate of drug-likeness (QED) is 0.152. The van der Waals surface area contributed by atoms with Gasteiger partial charge in [0.05, 0.1) is 33.4 Å². The summed E-state index contributed by atoms with van der Waals surface area (Å²) in [6, 6.07) is 5.73. The van der Waals surface area contributed by atoms with E-state index < -0.39 is 26.1 Å². The number of halogens is 2. The zero-order valence-corrected chi connectivity index (χ0v) is 28.6. The van der Waals surface area contributed by atoms with Gasteiger partial charge in [-0.3, -0.25) is 19.1 Å². The summed E-state index contributed by atoms with van der Waals surface area (Å²) in [5.74, 6) is -0.961. The lowest BCUT2D eigenvalue weighted by molar-refractivity contribution is -0.125. The van der Waals surface area contributed by atoms with Gasteiger partial charge in [0.15, 0.2) is 14.7 Å². The number of sulfone groups is 1. The zero-order valence-electron chi connectivity index (χ0n) is 27.0. The van der Waals surface area contributed by atoms with Gasteiger partial charge < -0.3 is 15.5 Å². The molecule has 2 aliphatic heterocycles. The van der Waals surface area contributed by atoms with Crippen molar-refractivity contribution in [2.45, 2.75) is 25.7 Å². The number of carbonyl (C=O) groups excluding carboxylic acids is 1. The number of nitrogens with two attached hydrogens (primary N) is 1. The van der Waals surface area contributed by atoms with Crippen molar-refractivity contribution in [1.29, 1.82) is 0 Å². The highest BCUT2D eigenvalue weighted by Gasteiger charge is 2.43. The van der Waals surface area contributed by atoms with Crippen molar-refractivity contribution in [2.75, 3.05) is 50.1 Å². The van der Waals surface area contributed by atoms with Gasteiger partial charge >= 0.3 is 0 Å². The average molecular weight is 681 g/mol. The summed E-state index contributed by atoms with van der Waals surface area (Å²) in [5, 5.41) is 0.294. The minimum atomic E-state index is -4.17. The van der Waals surface area contributed by atoms with Crippen molar-refractivity contribution >= 4 is 61.2 Å². The van der Waals surface area contributed by atoms with Gasteiger partial charge in [-0.15, -0.1) is 0 Å². The highest BCUT2D eigenvalue weighted by atomic mass is 35.5. The molecule has 0 saturated carbocycles. The number of nitrogen functional groups attached to an aromatic ring is 1. The van der Waals surface area contributed by atoms with Gasteiger partial charge in [0.1, 0.15) is 11.5 Å². The van der Waals surface area contributed by atoms with E-state index in [1.807, 2.05) is 18.7 Å². The molecule has 2 N–H and O–H groups in total. The monoisotopic (exact) mass is 680 g/mol. The molecule has 1 amide bonds. The Labute approximate surface area is 278 Å². The van der Waals surface area contributed by atoms with Crippen LogP contribution >= 0.6 is 11.6 Å². The van der Waals surface area contributed by atoms with E-state index in [-0.39, 0.29) is 62.3 Å². The maximum atomic E-state index is 15.3. The zero-order chi connectivity index (χ0) is 34.5. The molecule has 2 aliphatic rings. The van der Waals surface area contributed by atoms with Crippen molar-refractivity contribution in [3.63, 3.8) is 0 Å². The summed E-state index contributed by atoms with van der Waals surface area (Å²) in [7, 11) is -2.58. The number of likely N-dealkylation sites (tertiary alicyclic amines) is 1. The fraction of sp³-hybridized carbons (Fsp3) is 0.353. The van der Waals surface area contributed by atoms with Gasteiger partial charge in [0, 0.05) is 62.4 Å². The van der Waals surface area contributed by atoms with Crippen LogP contribution in [0.4, 0.5) is 15.8 Å². The second kappa shape index (κ2) is 12.7. The second-order valence-electron chi connectivity index (χ2n) is 12.4. The van der Waals surface area contributed by atoms with E-state index in [1.165, 1.54) is 34.9 Å². The molecular weight excluding hydrogens is 643 g/mol. The molecule has 3 aromatic rings. The van der Waals surface area contributed by atoms with E-state index in [1.54, 1.807) is 24.9 Å². The predicted octanol–water partition coefficient (Wildman–Crippen LogP) is 5.07. The van der Waals surface area contributed by atoms with Gasteiger partial charge in [0.2, 0.25) is 5.91 Å². The van der Waals surface area contributed by atoms with Crippen LogP contribution in [0.2, 0.25) is 5.02 Å². The van der Waals surface area contributed by atoms with Crippen LogP contribution in [-0.2, 0) is 14.6 Å². The molecule has 2 saturated heterocycles. The van der Waals surface area contributed by atoms with Crippen LogP contribution in [0.1, 0.15) is 20.8 Å². The van der Waals surface area contributed by atoms with Gasteiger partial charge in [-0.1, -0.05) is 50.7 Å². The standard InChI is InChI=1S/C34H38ClFN6O4S/c1-8-19(5)30(28(38-6)18(3)4)42-33-22(13-23(35)29(39-33)27-24(36)11-10-12-25(27)37)31(32(34(42)44)47(7,45)46)41-16-20-14-40(26(43)9-2)15-21(20)17-41/h8-13,18,20-21H,1-2,14-17,37H2,3-7H3/b30-19+,38-28-/t20-,21+. The molecular formula is C34H38ClFN6O4S. The molecule has 248 valence electrons. The van der Waals surface area contributed by atoms with Crippen LogP contribution < -0.4 is 16.2 Å². The highest BCUT2D eigenvalue weighted by molar-refractivity contribution is 7.90. The maximum absolute atomic E-state index is 15.3. The summed E-state index contributed by atoms with van der Waals surface area (Å²) >= 11 is 6.85. The molecule has 10 nitrogen and oxygen atoms in total. The Hall–Kier alpha value is -4.29. The Morgan fingerprint density at radius 2 is 1.81 bits per heavy atom. The number of allylic oxidation sites excluding steroid dienone is 3. The Balaban J connectivity index is 1.92. The number of benzene rings is 1. The molecule has 4 heterocycles. The number of hydrogen-bond donors (Lipinski definition) is 1. The Bertz CT molecular complexity index is 2040. The molecule has 2 atom stereocenters. The van der Waals surface area contributed by atoms with Gasteiger partial charge in [-0.05, 0) is 42.7 Å². The molecule has 1 aromatic carbocycles. The third-order valence-corrected chi connectivity index (χ3v) is 10.3. The molecule has 5 rings (SSSR count). The van der Waals surface area contributed by atoms with Gasteiger partial charge in [-0.2, -0.15) is 0 Å². The average Bonchev–Trinajstić information content (AvgIpc) is 3.58. The van der Waals surface area contributed by atoms with Crippen LogP contribution in [0.3, 0.4) is 0 Å². The van der Waals surface area contributed by atoms with E-state index in [4.69, 9.17) is 22.3 Å². The normalized spacial score (nSPS) is 18.9. The van der Waals surface area contributed by atoms with Gasteiger partial charge in [-0.25, -0.2) is 17.8 Å². The lowest BCUT2D eigenvalue weighted by Crippen LogP contribution is -2.36. The van der Waals surface area contributed by atoms with Crippen LogP contribution in [0.5, 0.6) is 0 Å². The SMILES string of the molecule is C=CC(=O)N1C[C@@H]2CN(c3c(S(C)(=O)=O)c(=O)n(C(/C(=N\C)C(C)C)=C(\C)C=C)c4nc(-c5c(N)cccc5F)c(Cl)cc34)C[C@@H]2C1. The molecule has 2 fully saturated rings. The molecule has 0 unspecified atom stereocenters. The van der Waals surface area contributed by atoms with Crippen LogP contribution in [-0.4, -0.2) is 74.0 Å². The van der Waals surface area contributed by atoms with Crippen molar-refractivity contribution < 1.29 is 17.6 Å². The number of nitrogens with zero attached hydrogens (tertiary/aromatic N) is 5. The summed E-state index contributed by atoms with van der Waals surface area (Å²) in [5.41, 5.74) is 6.98. The van der Waals surface area contributed by atoms with E-state index in [2.05, 4.69) is 18.2 Å². The first-order valence-electron chi connectivity index (χ1n) is 15.1. The first-order chi connectivity index (χ1) is 22.1. The number of aliphatic imine (C=N–C) groups is 1. The third kappa shape index (κ3) is 5.89. The summed E-state index contributed by atoms with van der Waals surface area (Å²) < 4.78 is 43.9. The second-order valence-corrected chi connectivity index (χ2v) is 14.7. The number of rotatable bonds is 8.